The molecule has 1 aliphatic heterocycles. The number of para-hydroxylation sites is 1. The molecule has 0 spiro atoms. The maximum absolute atomic E-state index is 12.9. The zero-order chi connectivity index (χ0) is 21.5. The summed E-state index contributed by atoms with van der Waals surface area (Å²) in [6, 6.07) is 20.5. The van der Waals surface area contributed by atoms with Crippen molar-refractivity contribution in [3.63, 3.8) is 0 Å². The lowest BCUT2D eigenvalue weighted by Crippen LogP contribution is -2.57. The fourth-order valence-electron chi connectivity index (χ4n) is 3.34. The Labute approximate surface area is 182 Å². The van der Waals surface area contributed by atoms with Crippen LogP contribution in [-0.2, 0) is 0 Å². The van der Waals surface area contributed by atoms with E-state index in [-0.39, 0.29) is 12.1 Å². The summed E-state index contributed by atoms with van der Waals surface area (Å²) in [4.78, 5) is 19.0. The number of pyridine rings is 1. The van der Waals surface area contributed by atoms with Crippen molar-refractivity contribution in [2.45, 2.75) is 13.0 Å². The van der Waals surface area contributed by atoms with E-state index in [4.69, 9.17) is 9.47 Å². The Morgan fingerprint density at radius 3 is 2.55 bits per heavy atom. The van der Waals surface area contributed by atoms with Gasteiger partial charge in [-0.15, -0.1) is 0 Å². The number of rotatable bonds is 6. The number of piperazine rings is 1. The highest BCUT2D eigenvalue weighted by Crippen LogP contribution is 2.23. The van der Waals surface area contributed by atoms with Gasteiger partial charge in [-0.1, -0.05) is 18.2 Å². The molecule has 1 saturated heterocycles. The minimum absolute atomic E-state index is 0.0734. The molecule has 2 amide bonds. The summed E-state index contributed by atoms with van der Waals surface area (Å²) in [6.07, 6.45) is 1.70. The van der Waals surface area contributed by atoms with Crippen LogP contribution in [0.1, 0.15) is 5.69 Å². The van der Waals surface area contributed by atoms with Crippen molar-refractivity contribution in [2.24, 2.45) is 0 Å². The molecule has 1 fully saturated rings. The number of anilines is 1. The van der Waals surface area contributed by atoms with Crippen LogP contribution >= 0.6 is 0 Å². The number of hydrogen-bond acceptors (Lipinski definition) is 5. The maximum Gasteiger partial charge on any atom is 0.322 e. The summed E-state index contributed by atoms with van der Waals surface area (Å²) >= 11 is 0. The van der Waals surface area contributed by atoms with Crippen LogP contribution in [0.15, 0.2) is 72.9 Å². The maximum atomic E-state index is 12.9. The van der Waals surface area contributed by atoms with E-state index in [0.717, 1.165) is 18.0 Å². The lowest BCUT2D eigenvalue weighted by Gasteiger charge is -2.35. The number of ether oxygens (including phenoxy) is 2. The van der Waals surface area contributed by atoms with Gasteiger partial charge in [0.15, 0.2) is 0 Å². The molecular weight excluding hydrogens is 392 g/mol. The Morgan fingerprint density at radius 1 is 1.06 bits per heavy atom. The van der Waals surface area contributed by atoms with Crippen LogP contribution in [-0.4, -0.2) is 48.2 Å². The first-order valence-electron chi connectivity index (χ1n) is 10.3. The van der Waals surface area contributed by atoms with E-state index < -0.39 is 0 Å². The lowest BCUT2D eigenvalue weighted by atomic mass is 10.2. The second kappa shape index (κ2) is 9.95. The molecule has 4 rings (SSSR count). The third kappa shape index (κ3) is 5.73. The number of benzene rings is 2. The predicted molar refractivity (Wildman–Crippen MR) is 120 cm³/mol. The average Bonchev–Trinajstić information content (AvgIpc) is 2.81. The number of hydrogen-bond donors (Lipinski definition) is 2. The van der Waals surface area contributed by atoms with Crippen molar-refractivity contribution >= 4 is 11.7 Å². The molecule has 0 radical (unpaired) electrons. The van der Waals surface area contributed by atoms with Gasteiger partial charge >= 0.3 is 6.03 Å². The summed E-state index contributed by atoms with van der Waals surface area (Å²) in [5.74, 6) is 2.18. The number of nitrogens with zero attached hydrogens (tertiary/aromatic N) is 2. The van der Waals surface area contributed by atoms with Crippen molar-refractivity contribution in [1.82, 2.24) is 15.2 Å². The zero-order valence-corrected chi connectivity index (χ0v) is 17.5. The molecule has 0 saturated carbocycles. The molecule has 2 aromatic carbocycles. The van der Waals surface area contributed by atoms with Gasteiger partial charge in [0.2, 0.25) is 0 Å². The largest absolute Gasteiger partial charge is 0.490 e. The van der Waals surface area contributed by atoms with Gasteiger partial charge in [-0.3, -0.25) is 4.98 Å². The number of amides is 2. The lowest BCUT2D eigenvalue weighted by molar-refractivity contribution is 0.133. The molecule has 7 nitrogen and oxygen atoms in total. The molecule has 2 N–H and O–H groups in total. The first-order chi connectivity index (χ1) is 15.2. The number of carbonyl (C=O) groups excluding carboxylic acids is 1. The van der Waals surface area contributed by atoms with Crippen molar-refractivity contribution in [2.75, 3.05) is 31.6 Å². The number of aromatic nitrogens is 1. The molecule has 1 atom stereocenters. The van der Waals surface area contributed by atoms with E-state index in [1.165, 1.54) is 0 Å². The molecule has 1 aromatic heterocycles. The van der Waals surface area contributed by atoms with E-state index >= 15 is 0 Å². The van der Waals surface area contributed by atoms with Crippen molar-refractivity contribution in [1.29, 1.82) is 0 Å². The van der Waals surface area contributed by atoms with Crippen molar-refractivity contribution in [3.8, 4) is 17.2 Å². The van der Waals surface area contributed by atoms with E-state index in [2.05, 4.69) is 15.6 Å². The summed E-state index contributed by atoms with van der Waals surface area (Å²) in [5, 5.41) is 6.30. The average molecular weight is 418 g/mol. The van der Waals surface area contributed by atoms with Crippen LogP contribution in [0.25, 0.3) is 0 Å². The van der Waals surface area contributed by atoms with Crippen LogP contribution < -0.4 is 20.1 Å². The molecule has 1 aliphatic rings. The van der Waals surface area contributed by atoms with Crippen molar-refractivity contribution in [3.05, 3.63) is 78.6 Å². The molecular formula is C24H26N4O3. The predicted octanol–water partition coefficient (Wildman–Crippen LogP) is 4.07. The number of aryl methyl sites for hydroxylation is 1. The summed E-state index contributed by atoms with van der Waals surface area (Å²) < 4.78 is 11.7. The molecule has 160 valence electrons. The van der Waals surface area contributed by atoms with Gasteiger partial charge in [-0.2, -0.15) is 0 Å². The van der Waals surface area contributed by atoms with E-state index in [0.29, 0.717) is 36.9 Å². The molecule has 31 heavy (non-hydrogen) atoms. The second-order valence-electron chi connectivity index (χ2n) is 7.37. The van der Waals surface area contributed by atoms with Gasteiger partial charge in [0.1, 0.15) is 23.9 Å². The third-order valence-electron chi connectivity index (χ3n) is 5.02. The van der Waals surface area contributed by atoms with Gasteiger partial charge < -0.3 is 25.0 Å². The highest BCUT2D eigenvalue weighted by Gasteiger charge is 2.27. The van der Waals surface area contributed by atoms with Gasteiger partial charge in [0.05, 0.1) is 12.2 Å². The molecule has 1 unspecified atom stereocenters. The SMILES string of the molecule is Cc1ccc(OCC2CNCCN2C(=O)Nc2ccc(Oc3ccccc3)cc2)cn1. The number of urea groups is 1. The van der Waals surface area contributed by atoms with Gasteiger partial charge in [-0.25, -0.2) is 4.79 Å². The number of carbonyl (C=O) groups is 1. The topological polar surface area (TPSA) is 75.7 Å². The summed E-state index contributed by atoms with van der Waals surface area (Å²) in [6.45, 7) is 4.37. The Kier molecular flexibility index (Phi) is 6.64. The Morgan fingerprint density at radius 2 is 1.81 bits per heavy atom. The second-order valence-corrected chi connectivity index (χ2v) is 7.37. The molecule has 0 bridgehead atoms. The Hall–Kier alpha value is -3.58. The quantitative estimate of drug-likeness (QED) is 0.631. The Balaban J connectivity index is 1.34. The zero-order valence-electron chi connectivity index (χ0n) is 17.5. The molecule has 0 aliphatic carbocycles. The molecule has 7 heteroatoms. The standard InChI is InChI=1S/C24H26N4O3/c1-18-7-10-23(16-26-18)30-17-20-15-25-13-14-28(20)24(29)27-19-8-11-22(12-9-19)31-21-5-3-2-4-6-21/h2-12,16,20,25H,13-15,17H2,1H3,(H,27,29). The van der Waals surface area contributed by atoms with Crippen LogP contribution in [0.3, 0.4) is 0 Å². The van der Waals surface area contributed by atoms with Crippen LogP contribution in [0, 0.1) is 6.92 Å². The summed E-state index contributed by atoms with van der Waals surface area (Å²) in [7, 11) is 0. The van der Waals surface area contributed by atoms with E-state index in [9.17, 15) is 4.79 Å². The smallest absolute Gasteiger partial charge is 0.322 e. The van der Waals surface area contributed by atoms with Crippen molar-refractivity contribution < 1.29 is 14.3 Å². The van der Waals surface area contributed by atoms with E-state index in [1.54, 1.807) is 6.20 Å². The number of nitrogens with one attached hydrogen (secondary N) is 2. The first kappa shape index (κ1) is 20.7. The normalized spacial score (nSPS) is 15.9. The minimum Gasteiger partial charge on any atom is -0.490 e. The molecule has 2 heterocycles. The highest BCUT2D eigenvalue weighted by atomic mass is 16.5. The minimum atomic E-state index is -0.145. The highest BCUT2D eigenvalue weighted by molar-refractivity contribution is 5.89. The summed E-state index contributed by atoms with van der Waals surface area (Å²) in [5.41, 5.74) is 1.65. The fraction of sp³-hybridized carbons (Fsp3) is 0.250. The van der Waals surface area contributed by atoms with E-state index in [1.807, 2.05) is 78.6 Å². The fourth-order valence-corrected chi connectivity index (χ4v) is 3.34. The van der Waals surface area contributed by atoms with Gasteiger partial charge in [0, 0.05) is 31.0 Å². The van der Waals surface area contributed by atoms with Gasteiger partial charge in [0.25, 0.3) is 0 Å². The Bertz CT molecular complexity index is 978. The van der Waals surface area contributed by atoms with Crippen LogP contribution in [0.4, 0.5) is 10.5 Å². The third-order valence-corrected chi connectivity index (χ3v) is 5.02. The van der Waals surface area contributed by atoms with Crippen LogP contribution in [0.5, 0.6) is 17.2 Å². The monoisotopic (exact) mass is 418 g/mol. The van der Waals surface area contributed by atoms with Crippen LogP contribution in [0.2, 0.25) is 0 Å². The molecule has 3 aromatic rings. The van der Waals surface area contributed by atoms with Gasteiger partial charge in [-0.05, 0) is 55.5 Å². The first-order valence-corrected chi connectivity index (χ1v) is 10.3.